The highest BCUT2D eigenvalue weighted by atomic mass is 32.1. The quantitative estimate of drug-likeness (QED) is 0.161. The molecule has 0 N–H and O–H groups in total. The van der Waals surface area contributed by atoms with Crippen LogP contribution in [-0.2, 0) is 0 Å². The van der Waals surface area contributed by atoms with Crippen LogP contribution in [0.5, 0.6) is 0 Å². The molecule has 13 aromatic rings. The van der Waals surface area contributed by atoms with Gasteiger partial charge in [-0.25, -0.2) is 0 Å². The molecule has 0 unspecified atom stereocenters. The van der Waals surface area contributed by atoms with Crippen molar-refractivity contribution in [1.29, 1.82) is 0 Å². The van der Waals surface area contributed by atoms with E-state index in [4.69, 9.17) is 0 Å². The average Bonchev–Trinajstić information content (AvgIpc) is 3.98. The molecule has 0 aliphatic rings. The predicted molar refractivity (Wildman–Crippen MR) is 258 cm³/mol. The van der Waals surface area contributed by atoms with Gasteiger partial charge in [-0.1, -0.05) is 121 Å². The Morgan fingerprint density at radius 2 is 0.879 bits per heavy atom. The zero-order valence-electron chi connectivity index (χ0n) is 31.1. The van der Waals surface area contributed by atoms with Gasteiger partial charge in [0.25, 0.3) is 0 Å². The van der Waals surface area contributed by atoms with Crippen molar-refractivity contribution in [1.82, 2.24) is 0 Å². The van der Waals surface area contributed by atoms with Crippen LogP contribution in [0.15, 0.2) is 188 Å². The number of hydrogen-bond acceptors (Lipinski definition) is 4. The maximum Gasteiger partial charge on any atom is 0.0640 e. The van der Waals surface area contributed by atoms with Crippen LogP contribution in [0.3, 0.4) is 0 Å². The molecule has 0 atom stereocenters. The number of thiophene rings is 3. The Balaban J connectivity index is 0.984. The van der Waals surface area contributed by atoms with Gasteiger partial charge in [0.15, 0.2) is 0 Å². The van der Waals surface area contributed by atoms with Crippen LogP contribution < -0.4 is 4.90 Å². The van der Waals surface area contributed by atoms with Crippen molar-refractivity contribution in [2.45, 2.75) is 0 Å². The highest BCUT2D eigenvalue weighted by molar-refractivity contribution is 7.27. The third kappa shape index (κ3) is 4.80. The Hall–Kier alpha value is -6.56. The zero-order valence-corrected chi connectivity index (χ0v) is 33.5. The first-order chi connectivity index (χ1) is 28.7. The van der Waals surface area contributed by atoms with Gasteiger partial charge in [0, 0.05) is 72.6 Å². The summed E-state index contributed by atoms with van der Waals surface area (Å²) in [6.07, 6.45) is 0. The van der Waals surface area contributed by atoms with Crippen LogP contribution in [0.2, 0.25) is 0 Å². The fourth-order valence-corrected chi connectivity index (χ4v) is 12.8. The molecular formula is C54H31NS3. The zero-order chi connectivity index (χ0) is 37.9. The third-order valence-electron chi connectivity index (χ3n) is 12.0. The van der Waals surface area contributed by atoms with E-state index in [2.05, 4.69) is 193 Å². The fourth-order valence-electron chi connectivity index (χ4n) is 9.36. The molecule has 13 rings (SSSR count). The van der Waals surface area contributed by atoms with Crippen molar-refractivity contribution >= 4 is 144 Å². The van der Waals surface area contributed by atoms with Gasteiger partial charge in [0.05, 0.1) is 10.4 Å². The largest absolute Gasteiger partial charge is 0.309 e. The van der Waals surface area contributed by atoms with Crippen molar-refractivity contribution in [3.05, 3.63) is 188 Å². The minimum absolute atomic E-state index is 1.13. The molecule has 3 heterocycles. The molecule has 0 aliphatic heterocycles. The molecular weight excluding hydrogens is 759 g/mol. The van der Waals surface area contributed by atoms with Gasteiger partial charge in [0.1, 0.15) is 0 Å². The molecule has 270 valence electrons. The van der Waals surface area contributed by atoms with Crippen molar-refractivity contribution in [3.8, 4) is 11.1 Å². The van der Waals surface area contributed by atoms with Crippen LogP contribution >= 0.6 is 34.0 Å². The summed E-state index contributed by atoms with van der Waals surface area (Å²) in [6.45, 7) is 0. The van der Waals surface area contributed by atoms with E-state index in [1.165, 1.54) is 110 Å². The van der Waals surface area contributed by atoms with Crippen LogP contribution in [-0.4, -0.2) is 0 Å². The molecule has 3 aromatic heterocycles. The van der Waals surface area contributed by atoms with Crippen molar-refractivity contribution in [2.75, 3.05) is 4.90 Å². The number of benzene rings is 10. The van der Waals surface area contributed by atoms with Gasteiger partial charge in [-0.3, -0.25) is 0 Å². The smallest absolute Gasteiger partial charge is 0.0640 e. The van der Waals surface area contributed by atoms with E-state index < -0.39 is 0 Å². The fraction of sp³-hybridized carbons (Fsp3) is 0. The van der Waals surface area contributed by atoms with Crippen LogP contribution in [0.1, 0.15) is 0 Å². The number of fused-ring (bicyclic) bond motifs is 15. The van der Waals surface area contributed by atoms with Crippen LogP contribution in [0, 0.1) is 0 Å². The molecule has 10 aromatic carbocycles. The summed E-state index contributed by atoms with van der Waals surface area (Å²) in [5.74, 6) is 0. The molecule has 0 aliphatic carbocycles. The normalized spacial score (nSPS) is 12.1. The SMILES string of the molecule is c1ccc2c(c1)ccc1cc(N(c3ccc(-c4ccc5sc6ccc7ccc8sc9ccccc9c8c7c6c5c4)cc3)c3cccc4c3sc3ccccc34)ccc12. The monoisotopic (exact) mass is 789 g/mol. The molecule has 1 nitrogen and oxygen atoms in total. The van der Waals surface area contributed by atoms with Crippen molar-refractivity contribution in [2.24, 2.45) is 0 Å². The number of nitrogens with zero attached hydrogens (tertiary/aromatic N) is 1. The van der Waals surface area contributed by atoms with E-state index in [-0.39, 0.29) is 0 Å². The van der Waals surface area contributed by atoms with Gasteiger partial charge >= 0.3 is 0 Å². The summed E-state index contributed by atoms with van der Waals surface area (Å²) in [5.41, 5.74) is 5.91. The lowest BCUT2D eigenvalue weighted by molar-refractivity contribution is 1.31. The lowest BCUT2D eigenvalue weighted by atomic mass is 9.97. The predicted octanol–water partition coefficient (Wildman–Crippen LogP) is 17.4. The summed E-state index contributed by atoms with van der Waals surface area (Å²) in [4.78, 5) is 2.45. The Labute approximate surface area is 345 Å². The Morgan fingerprint density at radius 3 is 1.71 bits per heavy atom. The first-order valence-electron chi connectivity index (χ1n) is 19.7. The van der Waals surface area contributed by atoms with Gasteiger partial charge < -0.3 is 4.90 Å². The lowest BCUT2D eigenvalue weighted by Crippen LogP contribution is -2.10. The van der Waals surface area contributed by atoms with E-state index in [1.807, 2.05) is 34.0 Å². The molecule has 0 bridgehead atoms. The second-order valence-electron chi connectivity index (χ2n) is 15.2. The summed E-state index contributed by atoms with van der Waals surface area (Å²) < 4.78 is 7.96. The summed E-state index contributed by atoms with van der Waals surface area (Å²) in [7, 11) is 0. The summed E-state index contributed by atoms with van der Waals surface area (Å²) in [5, 5.41) is 15.8. The number of anilines is 3. The molecule has 0 saturated carbocycles. The maximum atomic E-state index is 2.45. The Kier molecular flexibility index (Phi) is 6.99. The first-order valence-corrected chi connectivity index (χ1v) is 22.1. The second kappa shape index (κ2) is 12.5. The standard InChI is InChI=1S/C54H31NS3/c1-2-9-39-33(8-1)16-17-36-30-38(25-26-40(36)39)55(45-13-7-12-42-41-10-3-5-14-46(41)58-54(42)45)37-23-18-32(19-24-37)35-22-27-48-44(31-35)53-50(57-48)29-21-34-20-28-49-52(51(34)53)43-11-4-6-15-47(43)56-49/h1-31H. The first kappa shape index (κ1) is 32.5. The van der Waals surface area contributed by atoms with Gasteiger partial charge in [0.2, 0.25) is 0 Å². The minimum Gasteiger partial charge on any atom is -0.309 e. The molecule has 0 saturated heterocycles. The van der Waals surface area contributed by atoms with Gasteiger partial charge in [-0.2, -0.15) is 0 Å². The molecule has 58 heavy (non-hydrogen) atoms. The van der Waals surface area contributed by atoms with Crippen LogP contribution in [0.25, 0.3) is 104 Å². The molecule has 0 radical (unpaired) electrons. The van der Waals surface area contributed by atoms with Gasteiger partial charge in [-0.05, 0) is 105 Å². The second-order valence-corrected chi connectivity index (χ2v) is 18.4. The molecule has 4 heteroatoms. The summed E-state index contributed by atoms with van der Waals surface area (Å²) in [6, 6.07) is 70.1. The van der Waals surface area contributed by atoms with E-state index in [1.54, 1.807) is 0 Å². The Bertz CT molecular complexity index is 3800. The topological polar surface area (TPSA) is 3.24 Å². The molecule has 0 fully saturated rings. The molecule has 0 amide bonds. The maximum absolute atomic E-state index is 2.45. The number of rotatable bonds is 4. The Morgan fingerprint density at radius 1 is 0.293 bits per heavy atom. The van der Waals surface area contributed by atoms with E-state index in [0.717, 1.165) is 11.4 Å². The number of hydrogen-bond donors (Lipinski definition) is 0. The lowest BCUT2D eigenvalue weighted by Gasteiger charge is -2.27. The van der Waals surface area contributed by atoms with Crippen molar-refractivity contribution < 1.29 is 0 Å². The van der Waals surface area contributed by atoms with E-state index >= 15 is 0 Å². The third-order valence-corrected chi connectivity index (χ3v) is 15.5. The highest BCUT2D eigenvalue weighted by Crippen LogP contribution is 2.48. The van der Waals surface area contributed by atoms with Crippen molar-refractivity contribution in [3.63, 3.8) is 0 Å². The van der Waals surface area contributed by atoms with E-state index in [0.29, 0.717) is 0 Å². The minimum atomic E-state index is 1.13. The van der Waals surface area contributed by atoms with Gasteiger partial charge in [-0.15, -0.1) is 34.0 Å². The molecule has 0 spiro atoms. The van der Waals surface area contributed by atoms with Crippen LogP contribution in [0.4, 0.5) is 17.1 Å². The average molecular weight is 790 g/mol. The van der Waals surface area contributed by atoms with E-state index in [9.17, 15) is 0 Å². The summed E-state index contributed by atoms with van der Waals surface area (Å²) >= 11 is 5.67. The highest BCUT2D eigenvalue weighted by Gasteiger charge is 2.20.